The van der Waals surface area contributed by atoms with Crippen LogP contribution < -0.4 is 15.4 Å². The highest BCUT2D eigenvalue weighted by molar-refractivity contribution is 5.96. The zero-order valence-corrected chi connectivity index (χ0v) is 16.1. The van der Waals surface area contributed by atoms with Gasteiger partial charge in [-0.2, -0.15) is 0 Å². The molecule has 0 saturated heterocycles. The number of nitrogens with zero attached hydrogens (tertiary/aromatic N) is 2. The Balaban J connectivity index is 1.62. The number of carbonyl (C=O) groups excluding carboxylic acids is 1. The van der Waals surface area contributed by atoms with E-state index in [9.17, 15) is 4.79 Å². The number of amides is 1. The lowest BCUT2D eigenvalue weighted by atomic mass is 10.0. The van der Waals surface area contributed by atoms with Gasteiger partial charge in [0.1, 0.15) is 11.6 Å². The van der Waals surface area contributed by atoms with Crippen LogP contribution in [0.15, 0.2) is 54.7 Å². The third-order valence-corrected chi connectivity index (χ3v) is 5.25. The van der Waals surface area contributed by atoms with Gasteiger partial charge in [-0.3, -0.25) is 4.79 Å². The fraction of sp³-hybridized carbons (Fsp3) is 0.217. The summed E-state index contributed by atoms with van der Waals surface area (Å²) in [6.45, 7) is 2.84. The number of fused-ring (bicyclic) bond motifs is 1. The van der Waals surface area contributed by atoms with Crippen molar-refractivity contribution in [3.63, 3.8) is 0 Å². The second-order valence-corrected chi connectivity index (χ2v) is 7.07. The van der Waals surface area contributed by atoms with Crippen molar-refractivity contribution in [2.75, 3.05) is 18.6 Å². The molecule has 0 unspecified atom stereocenters. The van der Waals surface area contributed by atoms with E-state index in [0.29, 0.717) is 5.56 Å². The number of primary amides is 1. The highest BCUT2D eigenvalue weighted by Gasteiger charge is 2.25. The molecule has 1 aliphatic rings. The summed E-state index contributed by atoms with van der Waals surface area (Å²) in [5.74, 6) is 1.41. The van der Waals surface area contributed by atoms with Crippen molar-refractivity contribution < 1.29 is 9.53 Å². The van der Waals surface area contributed by atoms with E-state index in [-0.39, 0.29) is 5.91 Å². The van der Waals surface area contributed by atoms with Gasteiger partial charge in [0.15, 0.2) is 0 Å². The van der Waals surface area contributed by atoms with Crippen LogP contribution in [0.2, 0.25) is 0 Å². The quantitative estimate of drug-likeness (QED) is 0.739. The molecule has 0 aliphatic carbocycles. The number of benzene rings is 2. The molecule has 1 aliphatic heterocycles. The Hall–Kier alpha value is -3.34. The van der Waals surface area contributed by atoms with Crippen molar-refractivity contribution in [3.8, 4) is 5.75 Å². The van der Waals surface area contributed by atoms with Gasteiger partial charge in [-0.05, 0) is 72.4 Å². The van der Waals surface area contributed by atoms with E-state index in [2.05, 4.69) is 35.0 Å². The van der Waals surface area contributed by atoms with Crippen molar-refractivity contribution in [1.29, 1.82) is 0 Å². The number of aromatic nitrogens is 1. The van der Waals surface area contributed by atoms with Gasteiger partial charge in [0, 0.05) is 24.0 Å². The number of rotatable bonds is 5. The van der Waals surface area contributed by atoms with Crippen LogP contribution in [0.1, 0.15) is 32.6 Å². The van der Waals surface area contributed by atoms with E-state index in [0.717, 1.165) is 47.8 Å². The van der Waals surface area contributed by atoms with Gasteiger partial charge in [0.05, 0.1) is 7.11 Å². The Labute approximate surface area is 164 Å². The number of hydrogen-bond donors (Lipinski definition) is 1. The van der Waals surface area contributed by atoms with Crippen LogP contribution in [0.25, 0.3) is 0 Å². The lowest BCUT2D eigenvalue weighted by molar-refractivity contribution is 0.0999. The van der Waals surface area contributed by atoms with Crippen LogP contribution in [0.4, 0.5) is 11.5 Å². The third kappa shape index (κ3) is 3.31. The van der Waals surface area contributed by atoms with Gasteiger partial charge in [-0.25, -0.2) is 4.98 Å². The highest BCUT2D eigenvalue weighted by atomic mass is 16.5. The van der Waals surface area contributed by atoms with Crippen LogP contribution in [0, 0.1) is 6.92 Å². The third-order valence-electron chi connectivity index (χ3n) is 5.25. The molecule has 0 radical (unpaired) electrons. The fourth-order valence-corrected chi connectivity index (χ4v) is 3.91. The van der Waals surface area contributed by atoms with E-state index in [1.165, 1.54) is 11.1 Å². The number of methoxy groups -OCH3 is 1. The van der Waals surface area contributed by atoms with Crippen molar-refractivity contribution in [2.45, 2.75) is 19.8 Å². The van der Waals surface area contributed by atoms with Crippen molar-refractivity contribution in [1.82, 2.24) is 4.98 Å². The van der Waals surface area contributed by atoms with E-state index in [4.69, 9.17) is 10.5 Å². The predicted octanol–water partition coefficient (Wildman–Crippen LogP) is 3.78. The van der Waals surface area contributed by atoms with Crippen LogP contribution in [-0.4, -0.2) is 24.5 Å². The van der Waals surface area contributed by atoms with Crippen molar-refractivity contribution in [2.24, 2.45) is 5.73 Å². The SMILES string of the molecule is COc1ccc(Cc2ccnc(N3CCc4c(C(N)=O)cccc43)c2)cc1C. The minimum absolute atomic E-state index is 0.379. The van der Waals surface area contributed by atoms with Gasteiger partial charge >= 0.3 is 0 Å². The normalized spacial score (nSPS) is 12.7. The molecule has 4 rings (SSSR count). The zero-order chi connectivity index (χ0) is 19.7. The average Bonchev–Trinajstić information content (AvgIpc) is 3.12. The maximum absolute atomic E-state index is 11.7. The lowest BCUT2D eigenvalue weighted by Crippen LogP contribution is -2.15. The van der Waals surface area contributed by atoms with E-state index in [1.807, 2.05) is 30.5 Å². The van der Waals surface area contributed by atoms with E-state index in [1.54, 1.807) is 13.2 Å². The second kappa shape index (κ2) is 7.35. The van der Waals surface area contributed by atoms with Crippen LogP contribution in [0.5, 0.6) is 5.75 Å². The lowest BCUT2D eigenvalue weighted by Gasteiger charge is -2.19. The molecule has 0 atom stereocenters. The number of carbonyl (C=O) groups is 1. The molecule has 1 amide bonds. The standard InChI is InChI=1S/C23H23N3O2/c1-15-12-16(6-7-21(15)28-2)13-17-8-10-25-22(14-17)26-11-9-18-19(23(24)27)4-3-5-20(18)26/h3-8,10,12,14H,9,11,13H2,1-2H3,(H2,24,27). The Morgan fingerprint density at radius 3 is 2.75 bits per heavy atom. The summed E-state index contributed by atoms with van der Waals surface area (Å²) < 4.78 is 5.35. The number of hydrogen-bond acceptors (Lipinski definition) is 4. The molecule has 0 bridgehead atoms. The molecule has 28 heavy (non-hydrogen) atoms. The monoisotopic (exact) mass is 373 g/mol. The molecule has 2 N–H and O–H groups in total. The van der Waals surface area contributed by atoms with E-state index >= 15 is 0 Å². The summed E-state index contributed by atoms with van der Waals surface area (Å²) in [7, 11) is 1.69. The number of anilines is 2. The second-order valence-electron chi connectivity index (χ2n) is 7.07. The van der Waals surface area contributed by atoms with Gasteiger partial charge in [0.25, 0.3) is 0 Å². The number of pyridine rings is 1. The molecule has 2 aromatic carbocycles. The van der Waals surface area contributed by atoms with Gasteiger partial charge in [-0.15, -0.1) is 0 Å². The van der Waals surface area contributed by atoms with Gasteiger partial charge in [0.2, 0.25) is 5.91 Å². The minimum atomic E-state index is -0.379. The summed E-state index contributed by atoms with van der Waals surface area (Å²) in [5.41, 5.74) is 11.7. The first-order valence-corrected chi connectivity index (χ1v) is 9.34. The smallest absolute Gasteiger partial charge is 0.249 e. The number of aryl methyl sites for hydroxylation is 1. The fourth-order valence-electron chi connectivity index (χ4n) is 3.91. The molecule has 0 saturated carbocycles. The molecule has 3 aromatic rings. The van der Waals surface area contributed by atoms with Crippen molar-refractivity contribution >= 4 is 17.4 Å². The molecule has 2 heterocycles. The topological polar surface area (TPSA) is 68.4 Å². The van der Waals surface area contributed by atoms with Gasteiger partial charge in [-0.1, -0.05) is 18.2 Å². The number of ether oxygens (including phenoxy) is 1. The Morgan fingerprint density at radius 2 is 2.00 bits per heavy atom. The van der Waals surface area contributed by atoms with Crippen LogP contribution in [0.3, 0.4) is 0 Å². The highest BCUT2D eigenvalue weighted by Crippen LogP contribution is 2.35. The molecule has 1 aromatic heterocycles. The summed E-state index contributed by atoms with van der Waals surface area (Å²) in [6, 6.07) is 16.1. The van der Waals surface area contributed by atoms with Crippen LogP contribution in [-0.2, 0) is 12.8 Å². The molecule has 0 fully saturated rings. The summed E-state index contributed by atoms with van der Waals surface area (Å²) >= 11 is 0. The Bertz CT molecular complexity index is 1050. The minimum Gasteiger partial charge on any atom is -0.496 e. The molecular formula is C23H23N3O2. The first kappa shape index (κ1) is 18.0. The summed E-state index contributed by atoms with van der Waals surface area (Å²) in [5, 5.41) is 0. The maximum Gasteiger partial charge on any atom is 0.249 e. The summed E-state index contributed by atoms with van der Waals surface area (Å²) in [4.78, 5) is 18.4. The zero-order valence-electron chi connectivity index (χ0n) is 16.1. The first-order chi connectivity index (χ1) is 13.6. The van der Waals surface area contributed by atoms with E-state index < -0.39 is 0 Å². The Morgan fingerprint density at radius 1 is 1.18 bits per heavy atom. The van der Waals surface area contributed by atoms with Crippen LogP contribution >= 0.6 is 0 Å². The molecule has 5 nitrogen and oxygen atoms in total. The summed E-state index contributed by atoms with van der Waals surface area (Å²) in [6.07, 6.45) is 3.46. The Kier molecular flexibility index (Phi) is 4.74. The average molecular weight is 373 g/mol. The maximum atomic E-state index is 11.7. The van der Waals surface area contributed by atoms with Gasteiger partial charge < -0.3 is 15.4 Å². The molecule has 5 heteroatoms. The molecule has 142 valence electrons. The first-order valence-electron chi connectivity index (χ1n) is 9.34. The number of nitrogens with two attached hydrogens (primary N) is 1. The molecular weight excluding hydrogens is 350 g/mol. The predicted molar refractivity (Wildman–Crippen MR) is 110 cm³/mol. The molecule has 0 spiro atoms. The largest absolute Gasteiger partial charge is 0.496 e. The van der Waals surface area contributed by atoms with Crippen molar-refractivity contribution in [3.05, 3.63) is 82.5 Å².